The summed E-state index contributed by atoms with van der Waals surface area (Å²) >= 11 is 0. The number of imidazole rings is 1. The molecule has 0 radical (unpaired) electrons. The molecule has 2 aromatic heterocycles. The van der Waals surface area contributed by atoms with Crippen molar-refractivity contribution < 1.29 is 19.0 Å². The van der Waals surface area contributed by atoms with E-state index in [4.69, 9.17) is 14.2 Å². The largest absolute Gasteiger partial charge is 0.491 e. The predicted molar refractivity (Wildman–Crippen MR) is 174 cm³/mol. The van der Waals surface area contributed by atoms with E-state index in [0.29, 0.717) is 53.8 Å². The predicted octanol–water partition coefficient (Wildman–Crippen LogP) is 5.71. The molecule has 0 atom stereocenters. The molecule has 0 aliphatic heterocycles. The van der Waals surface area contributed by atoms with Crippen LogP contribution in [0.15, 0.2) is 90.0 Å². The SMILES string of the molecule is COCCOc1cc(N(C)C(=O)OC(C)(C)C)cc(-n2c(=O)[nH]c3c(N(Cc4ccccc4)Cc4ccccc4)ncnc32)c1. The maximum atomic E-state index is 13.7. The zero-order chi connectivity index (χ0) is 32.0. The van der Waals surface area contributed by atoms with Gasteiger partial charge in [-0.2, -0.15) is 0 Å². The summed E-state index contributed by atoms with van der Waals surface area (Å²) in [6.45, 7) is 7.16. The molecule has 3 aromatic carbocycles. The second kappa shape index (κ2) is 13.6. The van der Waals surface area contributed by atoms with E-state index in [1.54, 1.807) is 53.1 Å². The molecule has 1 amide bonds. The van der Waals surface area contributed by atoms with Crippen molar-refractivity contribution in [2.45, 2.75) is 39.5 Å². The van der Waals surface area contributed by atoms with Gasteiger partial charge in [-0.05, 0) is 38.0 Å². The van der Waals surface area contributed by atoms with Crippen LogP contribution in [0.3, 0.4) is 0 Å². The van der Waals surface area contributed by atoms with E-state index in [1.165, 1.54) is 15.8 Å². The lowest BCUT2D eigenvalue weighted by molar-refractivity contribution is 0.0589. The maximum absolute atomic E-state index is 13.7. The summed E-state index contributed by atoms with van der Waals surface area (Å²) in [4.78, 5) is 42.3. The lowest BCUT2D eigenvalue weighted by Gasteiger charge is -2.25. The number of anilines is 2. The number of fused-ring (bicyclic) bond motifs is 1. The summed E-state index contributed by atoms with van der Waals surface area (Å²) in [6.07, 6.45) is 0.910. The molecule has 0 saturated heterocycles. The van der Waals surface area contributed by atoms with Crippen LogP contribution in [-0.2, 0) is 22.6 Å². The monoisotopic (exact) mass is 610 g/mol. The van der Waals surface area contributed by atoms with Crippen molar-refractivity contribution in [1.29, 1.82) is 0 Å². The Labute approximate surface area is 262 Å². The van der Waals surface area contributed by atoms with Gasteiger partial charge in [0, 0.05) is 39.4 Å². The Morgan fingerprint density at radius 2 is 1.56 bits per heavy atom. The summed E-state index contributed by atoms with van der Waals surface area (Å²) in [7, 11) is 3.19. The third-order valence-corrected chi connectivity index (χ3v) is 6.93. The van der Waals surface area contributed by atoms with Crippen molar-refractivity contribution >= 4 is 28.8 Å². The lowest BCUT2D eigenvalue weighted by atomic mass is 10.1. The topological polar surface area (TPSA) is 115 Å². The molecule has 0 aliphatic rings. The zero-order valence-corrected chi connectivity index (χ0v) is 26.2. The van der Waals surface area contributed by atoms with E-state index in [2.05, 4.69) is 44.1 Å². The van der Waals surface area contributed by atoms with E-state index in [-0.39, 0.29) is 6.61 Å². The van der Waals surface area contributed by atoms with Gasteiger partial charge in [0.1, 0.15) is 29.8 Å². The van der Waals surface area contributed by atoms with Crippen LogP contribution in [0.4, 0.5) is 16.3 Å². The van der Waals surface area contributed by atoms with Crippen molar-refractivity contribution in [3.05, 3.63) is 107 Å². The van der Waals surface area contributed by atoms with Crippen LogP contribution in [0, 0.1) is 0 Å². The zero-order valence-electron chi connectivity index (χ0n) is 26.2. The minimum absolute atomic E-state index is 0.276. The smallest absolute Gasteiger partial charge is 0.414 e. The van der Waals surface area contributed by atoms with Crippen LogP contribution in [0.1, 0.15) is 31.9 Å². The highest BCUT2D eigenvalue weighted by molar-refractivity contribution is 5.89. The van der Waals surface area contributed by atoms with E-state index in [9.17, 15) is 9.59 Å². The first-order chi connectivity index (χ1) is 21.6. The molecule has 0 aliphatic carbocycles. The highest BCUT2D eigenvalue weighted by Gasteiger charge is 2.24. The van der Waals surface area contributed by atoms with Gasteiger partial charge in [-0.15, -0.1) is 0 Å². The minimum atomic E-state index is -0.687. The highest BCUT2D eigenvalue weighted by atomic mass is 16.6. The standard InChI is InChI=1S/C34H38N6O5/c1-34(2,3)45-33(42)38(4)26-18-27(20-28(19-26)44-17-16-43-5)40-31-29(37-32(40)41)30(35-23-36-31)39(21-24-12-8-6-9-13-24)22-25-14-10-7-11-15-25/h6-15,18-20,23H,16-17,21-22H2,1-5H3,(H,37,41). The molecule has 45 heavy (non-hydrogen) atoms. The molecule has 0 saturated carbocycles. The molecule has 5 rings (SSSR count). The molecular formula is C34H38N6O5. The van der Waals surface area contributed by atoms with Crippen LogP contribution in [0.2, 0.25) is 0 Å². The maximum Gasteiger partial charge on any atom is 0.414 e. The number of hydrogen-bond donors (Lipinski definition) is 1. The second-order valence-electron chi connectivity index (χ2n) is 11.6. The van der Waals surface area contributed by atoms with Gasteiger partial charge in [0.05, 0.1) is 18.0 Å². The number of rotatable bonds is 11. The average Bonchev–Trinajstić information content (AvgIpc) is 3.36. The summed E-state index contributed by atoms with van der Waals surface area (Å²) in [5, 5.41) is 0. The van der Waals surface area contributed by atoms with Crippen molar-refractivity contribution in [1.82, 2.24) is 19.5 Å². The van der Waals surface area contributed by atoms with Gasteiger partial charge >= 0.3 is 11.8 Å². The molecular weight excluding hydrogens is 572 g/mol. The second-order valence-corrected chi connectivity index (χ2v) is 11.6. The first-order valence-electron chi connectivity index (χ1n) is 14.7. The third-order valence-electron chi connectivity index (χ3n) is 6.93. The number of nitrogens with one attached hydrogen (secondary N) is 1. The number of carbonyl (C=O) groups is 1. The average molecular weight is 611 g/mol. The van der Waals surface area contributed by atoms with Gasteiger partial charge in [0.2, 0.25) is 0 Å². The lowest BCUT2D eigenvalue weighted by Crippen LogP contribution is -2.34. The summed E-state index contributed by atoms with van der Waals surface area (Å²) in [5.74, 6) is 1.03. The molecule has 5 aromatic rings. The molecule has 1 N–H and O–H groups in total. The Morgan fingerprint density at radius 3 is 2.16 bits per heavy atom. The van der Waals surface area contributed by atoms with Crippen molar-refractivity contribution in [3.63, 3.8) is 0 Å². The molecule has 11 heteroatoms. The number of aromatic amines is 1. The summed E-state index contributed by atoms with van der Waals surface area (Å²) in [5.41, 5.74) is 2.89. The number of benzene rings is 3. The number of amides is 1. The highest BCUT2D eigenvalue weighted by Crippen LogP contribution is 2.30. The quantitative estimate of drug-likeness (QED) is 0.189. The molecule has 11 nitrogen and oxygen atoms in total. The van der Waals surface area contributed by atoms with Gasteiger partial charge in [-0.25, -0.2) is 24.1 Å². The Morgan fingerprint density at radius 1 is 0.911 bits per heavy atom. The van der Waals surface area contributed by atoms with E-state index in [1.807, 2.05) is 36.4 Å². The van der Waals surface area contributed by atoms with Crippen LogP contribution in [0.25, 0.3) is 16.9 Å². The molecule has 0 bridgehead atoms. The van der Waals surface area contributed by atoms with Crippen molar-refractivity contribution in [2.24, 2.45) is 0 Å². The number of carbonyl (C=O) groups excluding carboxylic acids is 1. The van der Waals surface area contributed by atoms with E-state index < -0.39 is 17.4 Å². The van der Waals surface area contributed by atoms with E-state index >= 15 is 0 Å². The van der Waals surface area contributed by atoms with Crippen LogP contribution in [-0.4, -0.2) is 58.6 Å². The molecule has 0 unspecified atom stereocenters. The van der Waals surface area contributed by atoms with Crippen LogP contribution >= 0.6 is 0 Å². The number of methoxy groups -OCH3 is 1. The number of hydrogen-bond acceptors (Lipinski definition) is 8. The van der Waals surface area contributed by atoms with Gasteiger partial charge < -0.3 is 24.1 Å². The van der Waals surface area contributed by atoms with E-state index in [0.717, 1.165) is 11.1 Å². The van der Waals surface area contributed by atoms with Crippen molar-refractivity contribution in [2.75, 3.05) is 37.2 Å². The van der Waals surface area contributed by atoms with Gasteiger partial charge in [-0.1, -0.05) is 60.7 Å². The Kier molecular flexibility index (Phi) is 9.48. The Bertz CT molecular complexity index is 1760. The fraction of sp³-hybridized carbons (Fsp3) is 0.294. The number of H-pyrrole nitrogens is 1. The van der Waals surface area contributed by atoms with Crippen LogP contribution in [0.5, 0.6) is 5.75 Å². The third kappa shape index (κ3) is 7.68. The number of aromatic nitrogens is 4. The van der Waals surface area contributed by atoms with Gasteiger partial charge in [0.25, 0.3) is 0 Å². The fourth-order valence-corrected chi connectivity index (χ4v) is 4.85. The van der Waals surface area contributed by atoms with Gasteiger partial charge in [-0.3, -0.25) is 4.90 Å². The molecule has 0 spiro atoms. The summed E-state index contributed by atoms with van der Waals surface area (Å²) < 4.78 is 18.1. The molecule has 2 heterocycles. The van der Waals surface area contributed by atoms with Gasteiger partial charge in [0.15, 0.2) is 11.5 Å². The normalized spacial score (nSPS) is 11.4. The molecule has 0 fully saturated rings. The first kappa shape index (κ1) is 31.3. The summed E-state index contributed by atoms with van der Waals surface area (Å²) in [6, 6.07) is 25.3. The fourth-order valence-electron chi connectivity index (χ4n) is 4.85. The van der Waals surface area contributed by atoms with Crippen LogP contribution < -0.4 is 20.2 Å². The molecule has 234 valence electrons. The number of ether oxygens (including phenoxy) is 3. The first-order valence-corrected chi connectivity index (χ1v) is 14.7. The van der Waals surface area contributed by atoms with Crippen molar-refractivity contribution in [3.8, 4) is 11.4 Å². The Hall–Kier alpha value is -5.16. The Balaban J connectivity index is 1.60. The number of nitrogens with zero attached hydrogens (tertiary/aromatic N) is 5. The minimum Gasteiger partial charge on any atom is -0.491 e.